The van der Waals surface area contributed by atoms with Crippen LogP contribution < -0.4 is 29.0 Å². The molecule has 0 saturated heterocycles. The Balaban J connectivity index is 1.26. The lowest BCUT2D eigenvalue weighted by atomic mass is 9.99. The zero-order valence-electron chi connectivity index (χ0n) is 22.1. The fourth-order valence-corrected chi connectivity index (χ4v) is 5.14. The molecule has 208 valence electrons. The fraction of sp³-hybridized carbons (Fsp3) is 0.250. The van der Waals surface area contributed by atoms with Gasteiger partial charge < -0.3 is 28.5 Å². The number of aromatic nitrogens is 1. The monoisotopic (exact) mass is 567 g/mol. The number of oxime groups is 1. The van der Waals surface area contributed by atoms with E-state index >= 15 is 0 Å². The summed E-state index contributed by atoms with van der Waals surface area (Å²) in [5, 5.41) is 7.33. The minimum atomic E-state index is -0.419. The molecule has 1 N–H and O–H groups in total. The van der Waals surface area contributed by atoms with Gasteiger partial charge in [-0.25, -0.2) is 9.37 Å². The molecule has 0 radical (unpaired) electrons. The number of anilines is 1. The molecule has 1 amide bonds. The molecule has 10 nitrogen and oxygen atoms in total. The summed E-state index contributed by atoms with van der Waals surface area (Å²) < 4.78 is 41.6. The topological polar surface area (TPSA) is 110 Å². The number of benzene rings is 3. The van der Waals surface area contributed by atoms with E-state index in [9.17, 15) is 9.18 Å². The van der Waals surface area contributed by atoms with Crippen molar-refractivity contribution in [2.24, 2.45) is 5.16 Å². The number of ether oxygens (including phenoxy) is 5. The minimum absolute atomic E-state index is 0.289. The van der Waals surface area contributed by atoms with Gasteiger partial charge in [0.2, 0.25) is 5.75 Å². The molecule has 4 aromatic rings. The van der Waals surface area contributed by atoms with Crippen molar-refractivity contribution >= 4 is 38.3 Å². The molecule has 3 aromatic carbocycles. The number of hydrogen-bond acceptors (Lipinski definition) is 10. The maximum absolute atomic E-state index is 13.5. The highest BCUT2D eigenvalue weighted by molar-refractivity contribution is 7.22. The van der Waals surface area contributed by atoms with Crippen molar-refractivity contribution in [2.45, 2.75) is 12.5 Å². The van der Waals surface area contributed by atoms with Crippen molar-refractivity contribution in [3.63, 3.8) is 0 Å². The molecular weight excluding hydrogens is 541 g/mol. The number of rotatable bonds is 10. The fourth-order valence-electron chi connectivity index (χ4n) is 4.23. The second kappa shape index (κ2) is 11.7. The average molecular weight is 568 g/mol. The molecule has 1 unspecified atom stereocenters. The number of nitrogens with zero attached hydrogens (tertiary/aromatic N) is 2. The molecular formula is C28H26FN3O7S. The number of halogens is 1. The molecule has 0 aliphatic carbocycles. The van der Waals surface area contributed by atoms with Gasteiger partial charge in [0.25, 0.3) is 5.91 Å². The Morgan fingerprint density at radius 3 is 2.42 bits per heavy atom. The molecule has 5 rings (SSSR count). The first kappa shape index (κ1) is 27.0. The van der Waals surface area contributed by atoms with Crippen molar-refractivity contribution < 1.29 is 37.7 Å². The van der Waals surface area contributed by atoms with Gasteiger partial charge in [-0.05, 0) is 48.0 Å². The van der Waals surface area contributed by atoms with E-state index in [0.717, 1.165) is 11.1 Å². The Morgan fingerprint density at radius 1 is 0.975 bits per heavy atom. The quantitative estimate of drug-likeness (QED) is 0.273. The molecule has 0 fully saturated rings. The number of hydrogen-bond donors (Lipinski definition) is 1. The molecule has 1 aromatic heterocycles. The van der Waals surface area contributed by atoms with Crippen LogP contribution in [-0.2, 0) is 9.63 Å². The van der Waals surface area contributed by atoms with Crippen molar-refractivity contribution in [2.75, 3.05) is 40.4 Å². The van der Waals surface area contributed by atoms with E-state index < -0.39 is 5.91 Å². The van der Waals surface area contributed by atoms with Gasteiger partial charge in [0.15, 0.2) is 40.8 Å². The Kier molecular flexibility index (Phi) is 7.87. The highest BCUT2D eigenvalue weighted by Crippen LogP contribution is 2.41. The van der Waals surface area contributed by atoms with E-state index in [1.54, 1.807) is 39.5 Å². The predicted molar refractivity (Wildman–Crippen MR) is 148 cm³/mol. The van der Waals surface area contributed by atoms with Crippen LogP contribution in [0.5, 0.6) is 28.7 Å². The van der Waals surface area contributed by atoms with Crippen LogP contribution in [0.3, 0.4) is 0 Å². The summed E-state index contributed by atoms with van der Waals surface area (Å²) in [6.07, 6.45) is 0.0858. The molecule has 1 aliphatic heterocycles. The third-order valence-electron chi connectivity index (χ3n) is 6.18. The van der Waals surface area contributed by atoms with Crippen molar-refractivity contribution in [1.82, 2.24) is 4.98 Å². The minimum Gasteiger partial charge on any atom is -0.493 e. The molecule has 0 bridgehead atoms. The van der Waals surface area contributed by atoms with Crippen LogP contribution in [0.4, 0.5) is 9.52 Å². The maximum atomic E-state index is 13.5. The van der Waals surface area contributed by atoms with E-state index in [4.69, 9.17) is 28.5 Å². The zero-order valence-corrected chi connectivity index (χ0v) is 23.0. The first-order valence-electron chi connectivity index (χ1n) is 12.1. The molecule has 1 aliphatic rings. The molecule has 40 heavy (non-hydrogen) atoms. The predicted octanol–water partition coefficient (Wildman–Crippen LogP) is 5.35. The summed E-state index contributed by atoms with van der Waals surface area (Å²) in [6.45, 7) is -0.289. The van der Waals surface area contributed by atoms with Crippen LogP contribution >= 0.6 is 11.3 Å². The number of fused-ring (bicyclic) bond motifs is 1. The first-order valence-corrected chi connectivity index (χ1v) is 12.9. The first-order chi connectivity index (χ1) is 19.4. The summed E-state index contributed by atoms with van der Waals surface area (Å²) in [7, 11) is 6.16. The Bertz CT molecular complexity index is 1560. The second-order valence-corrected chi connectivity index (χ2v) is 9.66. The Labute approximate surface area is 233 Å². The normalized spacial score (nSPS) is 14.3. The highest BCUT2D eigenvalue weighted by atomic mass is 32.1. The van der Waals surface area contributed by atoms with Crippen LogP contribution in [0.2, 0.25) is 0 Å². The lowest BCUT2D eigenvalue weighted by Crippen LogP contribution is -2.20. The van der Waals surface area contributed by atoms with Crippen molar-refractivity contribution in [3.8, 4) is 28.7 Å². The number of methoxy groups -OCH3 is 4. The van der Waals surface area contributed by atoms with E-state index in [1.165, 1.54) is 30.6 Å². The van der Waals surface area contributed by atoms with Crippen LogP contribution in [0.25, 0.3) is 10.2 Å². The Morgan fingerprint density at radius 2 is 1.73 bits per heavy atom. The third-order valence-corrected chi connectivity index (χ3v) is 7.12. The number of thiazole rings is 1. The maximum Gasteiger partial charge on any atom is 0.264 e. The van der Waals surface area contributed by atoms with Gasteiger partial charge in [-0.1, -0.05) is 22.6 Å². The number of carbonyl (C=O) groups is 1. The van der Waals surface area contributed by atoms with Gasteiger partial charge in [-0.2, -0.15) is 0 Å². The molecule has 2 heterocycles. The van der Waals surface area contributed by atoms with Gasteiger partial charge >= 0.3 is 0 Å². The van der Waals surface area contributed by atoms with E-state index in [1.807, 2.05) is 18.2 Å². The summed E-state index contributed by atoms with van der Waals surface area (Å²) in [5.74, 6) is 1.55. The van der Waals surface area contributed by atoms with Crippen LogP contribution in [0.15, 0.2) is 53.7 Å². The van der Waals surface area contributed by atoms with Gasteiger partial charge in [0, 0.05) is 12.0 Å². The summed E-state index contributed by atoms with van der Waals surface area (Å²) in [4.78, 5) is 22.6. The van der Waals surface area contributed by atoms with E-state index in [2.05, 4.69) is 15.5 Å². The molecule has 1 atom stereocenters. The Hall–Kier alpha value is -4.58. The standard InChI is InChI=1S/C28H26FN3O7S/c1-34-20-8-5-15(21-13-19(32-39-21)16-10-23(35-2)27(37-4)24(11-16)36-3)9-22(20)38-14-26(33)31-28-30-18-7-6-17(29)12-25(18)40-28/h5-12,21H,13-14H2,1-4H3,(H,30,31,33). The van der Waals surface area contributed by atoms with E-state index in [-0.39, 0.29) is 18.5 Å². The summed E-state index contributed by atoms with van der Waals surface area (Å²) in [5.41, 5.74) is 2.87. The third kappa shape index (κ3) is 5.57. The van der Waals surface area contributed by atoms with Crippen LogP contribution in [0, 0.1) is 5.82 Å². The lowest BCUT2D eigenvalue weighted by Gasteiger charge is -2.15. The second-order valence-electron chi connectivity index (χ2n) is 8.63. The molecule has 12 heteroatoms. The summed E-state index contributed by atoms with van der Waals surface area (Å²) >= 11 is 1.18. The van der Waals surface area contributed by atoms with Crippen LogP contribution in [0.1, 0.15) is 23.7 Å². The van der Waals surface area contributed by atoms with Gasteiger partial charge in [-0.15, -0.1) is 0 Å². The van der Waals surface area contributed by atoms with Gasteiger partial charge in [0.1, 0.15) is 5.82 Å². The SMILES string of the molecule is COc1ccc(C2CC(c3cc(OC)c(OC)c(OC)c3)=NO2)cc1OCC(=O)Nc1nc2ccc(F)cc2s1. The van der Waals surface area contributed by atoms with Gasteiger partial charge in [-0.3, -0.25) is 10.1 Å². The van der Waals surface area contributed by atoms with Crippen molar-refractivity contribution in [3.05, 3.63) is 65.5 Å². The molecule has 0 spiro atoms. The number of amides is 1. The largest absolute Gasteiger partial charge is 0.493 e. The highest BCUT2D eigenvalue weighted by Gasteiger charge is 2.27. The smallest absolute Gasteiger partial charge is 0.264 e. The summed E-state index contributed by atoms with van der Waals surface area (Å²) in [6, 6.07) is 13.2. The lowest BCUT2D eigenvalue weighted by molar-refractivity contribution is -0.118. The van der Waals surface area contributed by atoms with Crippen LogP contribution in [-0.4, -0.2) is 51.6 Å². The number of carbonyl (C=O) groups excluding carboxylic acids is 1. The average Bonchev–Trinajstić information content (AvgIpc) is 3.62. The van der Waals surface area contributed by atoms with Crippen molar-refractivity contribution in [1.29, 1.82) is 0 Å². The zero-order chi connectivity index (χ0) is 28.2. The van der Waals surface area contributed by atoms with E-state index in [0.29, 0.717) is 56.2 Å². The number of nitrogens with one attached hydrogen (secondary N) is 1. The van der Waals surface area contributed by atoms with Gasteiger partial charge in [0.05, 0.1) is 44.4 Å². The molecule has 0 saturated carbocycles.